The van der Waals surface area contributed by atoms with Crippen molar-refractivity contribution in [2.24, 2.45) is 0 Å². The molecule has 1 N–H and O–H groups in total. The van der Waals surface area contributed by atoms with E-state index in [0.717, 1.165) is 0 Å². The maximum Gasteiger partial charge on any atom is 0.340 e. The molecule has 3 rings (SSSR count). The third kappa shape index (κ3) is 1.98. The predicted octanol–water partition coefficient (Wildman–Crippen LogP) is -0.235. The number of rotatable bonds is 2. The van der Waals surface area contributed by atoms with Gasteiger partial charge in [-0.05, 0) is 12.1 Å². The number of carbonyl (C=O) groups is 1. The van der Waals surface area contributed by atoms with E-state index in [1.807, 2.05) is 0 Å². The van der Waals surface area contributed by atoms with Crippen LogP contribution in [0.3, 0.4) is 0 Å². The van der Waals surface area contributed by atoms with Gasteiger partial charge in [-0.15, -0.1) is 0 Å². The molecule has 0 amide bonds. The summed E-state index contributed by atoms with van der Waals surface area (Å²) in [6, 6.07) is 3.30. The van der Waals surface area contributed by atoms with Gasteiger partial charge in [0.2, 0.25) is 0 Å². The van der Waals surface area contributed by atoms with E-state index in [9.17, 15) is 9.90 Å². The molecule has 2 saturated heterocycles. The number of aliphatic hydroxyl groups is 1. The van der Waals surface area contributed by atoms with Gasteiger partial charge in [0.25, 0.3) is 0 Å². The van der Waals surface area contributed by atoms with Crippen molar-refractivity contribution in [2.75, 3.05) is 13.2 Å². The fourth-order valence-electron chi connectivity index (χ4n) is 2.23. The molecule has 18 heavy (non-hydrogen) atoms. The average Bonchev–Trinajstić information content (AvgIpc) is 2.95. The van der Waals surface area contributed by atoms with Crippen LogP contribution >= 0.6 is 0 Å². The molecule has 0 saturated carbocycles. The molecule has 0 spiro atoms. The molecule has 2 fully saturated rings. The molecule has 0 aliphatic carbocycles. The van der Waals surface area contributed by atoms with Crippen molar-refractivity contribution in [1.82, 2.24) is 4.98 Å². The zero-order valence-electron chi connectivity index (χ0n) is 9.56. The summed E-state index contributed by atoms with van der Waals surface area (Å²) in [7, 11) is 0. The van der Waals surface area contributed by atoms with E-state index in [-0.39, 0.29) is 19.3 Å². The van der Waals surface area contributed by atoms with Crippen molar-refractivity contribution in [1.29, 1.82) is 0 Å². The number of fused-ring (bicyclic) bond motifs is 1. The van der Waals surface area contributed by atoms with Crippen molar-refractivity contribution in [3.05, 3.63) is 30.1 Å². The Morgan fingerprint density at radius 2 is 2.22 bits per heavy atom. The number of ether oxygens (including phenoxy) is 3. The van der Waals surface area contributed by atoms with E-state index in [1.54, 1.807) is 18.3 Å². The Morgan fingerprint density at radius 3 is 3.00 bits per heavy atom. The Hall–Kier alpha value is -1.50. The molecule has 4 unspecified atom stereocenters. The van der Waals surface area contributed by atoms with Crippen LogP contribution in [0.5, 0.6) is 0 Å². The van der Waals surface area contributed by atoms with E-state index >= 15 is 0 Å². The fraction of sp³-hybridized carbons (Fsp3) is 0.500. The Labute approximate surface area is 103 Å². The second-order valence-corrected chi connectivity index (χ2v) is 4.35. The number of nitrogens with zero attached hydrogens (tertiary/aromatic N) is 1. The second kappa shape index (κ2) is 4.64. The lowest BCUT2D eigenvalue weighted by Gasteiger charge is -2.16. The monoisotopic (exact) mass is 251 g/mol. The van der Waals surface area contributed by atoms with E-state index < -0.39 is 24.3 Å². The van der Waals surface area contributed by atoms with Crippen molar-refractivity contribution in [2.45, 2.75) is 24.4 Å². The van der Waals surface area contributed by atoms with Crippen LogP contribution < -0.4 is 0 Å². The van der Waals surface area contributed by atoms with Crippen molar-refractivity contribution in [3.63, 3.8) is 0 Å². The first-order valence-corrected chi connectivity index (χ1v) is 5.78. The van der Waals surface area contributed by atoms with Gasteiger partial charge < -0.3 is 19.3 Å². The molecule has 1 aromatic rings. The number of aromatic nitrogens is 1. The van der Waals surface area contributed by atoms with Gasteiger partial charge in [0.05, 0.1) is 18.8 Å². The number of carbonyl (C=O) groups excluding carboxylic acids is 1. The minimum absolute atomic E-state index is 0.219. The summed E-state index contributed by atoms with van der Waals surface area (Å²) >= 11 is 0. The van der Waals surface area contributed by atoms with Gasteiger partial charge in [-0.2, -0.15) is 0 Å². The molecule has 0 radical (unpaired) electrons. The van der Waals surface area contributed by atoms with Crippen LogP contribution in [0.25, 0.3) is 0 Å². The topological polar surface area (TPSA) is 77.9 Å². The maximum absolute atomic E-state index is 11.8. The quantitative estimate of drug-likeness (QED) is 0.731. The largest absolute Gasteiger partial charge is 0.453 e. The Balaban J connectivity index is 1.66. The molecule has 1 aromatic heterocycles. The van der Waals surface area contributed by atoms with E-state index in [2.05, 4.69) is 4.98 Å². The number of pyridine rings is 1. The summed E-state index contributed by atoms with van der Waals surface area (Å²) < 4.78 is 16.1. The normalized spacial score (nSPS) is 34.3. The van der Waals surface area contributed by atoms with E-state index in [4.69, 9.17) is 14.2 Å². The number of hydrogen-bond donors (Lipinski definition) is 1. The summed E-state index contributed by atoms with van der Waals surface area (Å²) in [6.07, 6.45) is 1.15. The first kappa shape index (κ1) is 11.6. The van der Waals surface area contributed by atoms with Gasteiger partial charge in [0, 0.05) is 12.4 Å². The molecule has 6 heteroatoms. The zero-order valence-corrected chi connectivity index (χ0v) is 9.56. The van der Waals surface area contributed by atoms with Crippen molar-refractivity contribution >= 4 is 5.97 Å². The second-order valence-electron chi connectivity index (χ2n) is 4.35. The molecule has 3 heterocycles. The van der Waals surface area contributed by atoms with Crippen LogP contribution in [0.2, 0.25) is 0 Å². The molecule has 2 aliphatic heterocycles. The Bertz CT molecular complexity index is 437. The first-order chi connectivity index (χ1) is 8.75. The third-order valence-electron chi connectivity index (χ3n) is 3.14. The van der Waals surface area contributed by atoms with Crippen molar-refractivity contribution < 1.29 is 24.1 Å². The van der Waals surface area contributed by atoms with Crippen LogP contribution in [-0.2, 0) is 14.2 Å². The summed E-state index contributed by atoms with van der Waals surface area (Å²) in [5.41, 5.74) is 0.388. The van der Waals surface area contributed by atoms with Crippen LogP contribution in [0.15, 0.2) is 24.5 Å². The predicted molar refractivity (Wildman–Crippen MR) is 58.9 cm³/mol. The summed E-state index contributed by atoms with van der Waals surface area (Å²) in [5.74, 6) is -0.456. The molecule has 2 aliphatic rings. The molecule has 4 atom stereocenters. The fourth-order valence-corrected chi connectivity index (χ4v) is 2.23. The number of esters is 1. The highest BCUT2D eigenvalue weighted by Crippen LogP contribution is 2.29. The first-order valence-electron chi connectivity index (χ1n) is 5.78. The van der Waals surface area contributed by atoms with E-state index in [1.165, 1.54) is 6.20 Å². The minimum Gasteiger partial charge on any atom is -0.453 e. The van der Waals surface area contributed by atoms with E-state index in [0.29, 0.717) is 5.56 Å². The Kier molecular flexibility index (Phi) is 2.99. The van der Waals surface area contributed by atoms with Gasteiger partial charge >= 0.3 is 5.97 Å². The standard InChI is InChI=1S/C12H13NO5/c14-8-5-16-11-9(6-17-10(8)11)18-12(15)7-2-1-3-13-4-7/h1-4,8-11,14H,5-6H2. The lowest BCUT2D eigenvalue weighted by molar-refractivity contribution is -0.0209. The summed E-state index contributed by atoms with van der Waals surface area (Å²) in [6.45, 7) is 0.467. The lowest BCUT2D eigenvalue weighted by Crippen LogP contribution is -2.34. The lowest BCUT2D eigenvalue weighted by atomic mass is 10.1. The highest BCUT2D eigenvalue weighted by atomic mass is 16.6. The highest BCUT2D eigenvalue weighted by molar-refractivity contribution is 5.89. The summed E-state index contributed by atoms with van der Waals surface area (Å²) in [4.78, 5) is 15.7. The van der Waals surface area contributed by atoms with Gasteiger partial charge in [-0.25, -0.2) is 4.79 Å². The maximum atomic E-state index is 11.8. The van der Waals surface area contributed by atoms with Gasteiger partial charge in [-0.3, -0.25) is 4.98 Å². The average molecular weight is 251 g/mol. The van der Waals surface area contributed by atoms with Gasteiger partial charge in [0.15, 0.2) is 6.10 Å². The molecule has 96 valence electrons. The van der Waals surface area contributed by atoms with Crippen LogP contribution in [-0.4, -0.2) is 53.7 Å². The Morgan fingerprint density at radius 1 is 1.39 bits per heavy atom. The van der Waals surface area contributed by atoms with Crippen molar-refractivity contribution in [3.8, 4) is 0 Å². The molecule has 0 bridgehead atoms. The number of aliphatic hydroxyl groups excluding tert-OH is 1. The van der Waals surface area contributed by atoms with Crippen LogP contribution in [0.1, 0.15) is 10.4 Å². The van der Waals surface area contributed by atoms with Crippen LogP contribution in [0, 0.1) is 0 Å². The SMILES string of the molecule is O=C(OC1COC2C(O)COC12)c1cccnc1. The molecular formula is C12H13NO5. The summed E-state index contributed by atoms with van der Waals surface area (Å²) in [5, 5.41) is 9.57. The smallest absolute Gasteiger partial charge is 0.340 e. The molecule has 6 nitrogen and oxygen atoms in total. The van der Waals surface area contributed by atoms with Gasteiger partial charge in [0.1, 0.15) is 18.3 Å². The minimum atomic E-state index is -0.642. The molecular weight excluding hydrogens is 238 g/mol. The van der Waals surface area contributed by atoms with Crippen LogP contribution in [0.4, 0.5) is 0 Å². The third-order valence-corrected chi connectivity index (χ3v) is 3.14. The number of hydrogen-bond acceptors (Lipinski definition) is 6. The zero-order chi connectivity index (χ0) is 12.5. The highest BCUT2D eigenvalue weighted by Gasteiger charge is 2.48. The molecule has 0 aromatic carbocycles. The van der Waals surface area contributed by atoms with Gasteiger partial charge in [-0.1, -0.05) is 0 Å².